The van der Waals surface area contributed by atoms with Crippen LogP contribution < -0.4 is 4.90 Å². The Morgan fingerprint density at radius 1 is 1.16 bits per heavy atom. The molecular formula is C26H19FN2O3. The number of anilines is 1. The van der Waals surface area contributed by atoms with Gasteiger partial charge in [0.25, 0.3) is 0 Å². The molecule has 1 spiro atoms. The van der Waals surface area contributed by atoms with E-state index in [0.717, 1.165) is 5.56 Å². The van der Waals surface area contributed by atoms with Crippen LogP contribution in [-0.2, 0) is 22.2 Å². The number of halogens is 1. The SMILES string of the molecule is C[C@]1(c2ccc(C#N)cc2)C[C@@]12C(=O)N(Cc1cccc(C(=O)O)c1)c1ccc(F)cc12. The van der Waals surface area contributed by atoms with Crippen molar-refractivity contribution in [1.82, 2.24) is 0 Å². The summed E-state index contributed by atoms with van der Waals surface area (Å²) in [7, 11) is 0. The van der Waals surface area contributed by atoms with E-state index in [-0.39, 0.29) is 18.0 Å². The number of rotatable bonds is 4. The predicted molar refractivity (Wildman–Crippen MR) is 116 cm³/mol. The Kier molecular flexibility index (Phi) is 4.22. The van der Waals surface area contributed by atoms with Crippen LogP contribution >= 0.6 is 0 Å². The maximum absolute atomic E-state index is 14.3. The second-order valence-corrected chi connectivity index (χ2v) is 8.66. The van der Waals surface area contributed by atoms with E-state index in [1.807, 2.05) is 19.1 Å². The highest BCUT2D eigenvalue weighted by Gasteiger charge is 2.74. The van der Waals surface area contributed by atoms with Crippen molar-refractivity contribution in [2.75, 3.05) is 4.90 Å². The number of fused-ring (bicyclic) bond motifs is 2. The zero-order valence-corrected chi connectivity index (χ0v) is 17.3. The van der Waals surface area contributed by atoms with Crippen LogP contribution in [0, 0.1) is 17.1 Å². The number of hydrogen-bond acceptors (Lipinski definition) is 3. The molecule has 1 N–H and O–H groups in total. The van der Waals surface area contributed by atoms with E-state index >= 15 is 0 Å². The van der Waals surface area contributed by atoms with Gasteiger partial charge in [0.1, 0.15) is 5.82 Å². The van der Waals surface area contributed by atoms with Gasteiger partial charge in [0, 0.05) is 11.1 Å². The molecule has 158 valence electrons. The number of hydrogen-bond donors (Lipinski definition) is 1. The number of nitrogens with zero attached hydrogens (tertiary/aromatic N) is 2. The number of carbonyl (C=O) groups is 2. The van der Waals surface area contributed by atoms with E-state index in [4.69, 9.17) is 5.26 Å². The normalized spacial score (nSPS) is 23.2. The average molecular weight is 426 g/mol. The molecule has 3 aromatic carbocycles. The van der Waals surface area contributed by atoms with Crippen LogP contribution in [0.3, 0.4) is 0 Å². The first-order valence-electron chi connectivity index (χ1n) is 10.2. The van der Waals surface area contributed by atoms with E-state index < -0.39 is 22.6 Å². The van der Waals surface area contributed by atoms with Gasteiger partial charge in [0.2, 0.25) is 5.91 Å². The van der Waals surface area contributed by atoms with Crippen molar-refractivity contribution >= 4 is 17.6 Å². The smallest absolute Gasteiger partial charge is 0.335 e. The van der Waals surface area contributed by atoms with Gasteiger partial charge in [0.15, 0.2) is 0 Å². The van der Waals surface area contributed by atoms with Gasteiger partial charge in [-0.05, 0) is 65.6 Å². The van der Waals surface area contributed by atoms with Gasteiger partial charge in [-0.15, -0.1) is 0 Å². The highest BCUT2D eigenvalue weighted by Crippen LogP contribution is 2.70. The molecule has 2 aliphatic rings. The van der Waals surface area contributed by atoms with Crippen LogP contribution in [0.4, 0.5) is 10.1 Å². The molecule has 0 unspecified atom stereocenters. The molecule has 1 amide bonds. The molecule has 1 aliphatic heterocycles. The van der Waals surface area contributed by atoms with Gasteiger partial charge in [-0.25, -0.2) is 9.18 Å². The number of nitriles is 1. The number of carboxylic acids is 1. The molecule has 0 bridgehead atoms. The van der Waals surface area contributed by atoms with Crippen molar-refractivity contribution in [2.45, 2.75) is 30.7 Å². The number of benzene rings is 3. The summed E-state index contributed by atoms with van der Waals surface area (Å²) in [5.74, 6) is -1.56. The summed E-state index contributed by atoms with van der Waals surface area (Å²) in [5.41, 5.74) is 2.19. The molecule has 5 nitrogen and oxygen atoms in total. The zero-order chi connectivity index (χ0) is 22.7. The Hall–Kier alpha value is -3.98. The molecule has 1 saturated carbocycles. The number of carbonyl (C=O) groups excluding carboxylic acids is 1. The monoisotopic (exact) mass is 426 g/mol. The second kappa shape index (κ2) is 6.76. The van der Waals surface area contributed by atoms with E-state index in [9.17, 15) is 19.1 Å². The lowest BCUT2D eigenvalue weighted by Crippen LogP contribution is -2.35. The summed E-state index contributed by atoms with van der Waals surface area (Å²) in [6.07, 6.45) is 0.535. The Bertz CT molecular complexity index is 1330. The topological polar surface area (TPSA) is 81.4 Å². The average Bonchev–Trinajstić information content (AvgIpc) is 3.38. The summed E-state index contributed by atoms with van der Waals surface area (Å²) in [6.45, 7) is 2.19. The lowest BCUT2D eigenvalue weighted by molar-refractivity contribution is -0.120. The predicted octanol–water partition coefficient (Wildman–Crippen LogP) is 4.54. The van der Waals surface area contributed by atoms with Crippen LogP contribution in [0.15, 0.2) is 66.7 Å². The zero-order valence-electron chi connectivity index (χ0n) is 17.3. The first kappa shape index (κ1) is 20.0. The van der Waals surface area contributed by atoms with E-state index in [1.165, 1.54) is 18.2 Å². The molecule has 0 aromatic heterocycles. The number of amides is 1. The highest BCUT2D eigenvalue weighted by molar-refractivity contribution is 6.12. The molecule has 32 heavy (non-hydrogen) atoms. The molecule has 5 rings (SSSR count). The fourth-order valence-corrected chi connectivity index (χ4v) is 5.13. The summed E-state index contributed by atoms with van der Waals surface area (Å²) in [6, 6.07) is 20.2. The molecule has 2 atom stereocenters. The fraction of sp³-hybridized carbons (Fsp3) is 0.192. The summed E-state index contributed by atoms with van der Waals surface area (Å²) in [5, 5.41) is 18.4. The van der Waals surface area contributed by atoms with Gasteiger partial charge >= 0.3 is 5.97 Å². The largest absolute Gasteiger partial charge is 0.478 e. The van der Waals surface area contributed by atoms with Gasteiger partial charge in [-0.1, -0.05) is 31.2 Å². The Morgan fingerprint density at radius 3 is 2.59 bits per heavy atom. The van der Waals surface area contributed by atoms with Gasteiger partial charge in [-0.3, -0.25) is 4.79 Å². The Labute approximate surface area is 184 Å². The van der Waals surface area contributed by atoms with Gasteiger partial charge < -0.3 is 10.0 Å². The van der Waals surface area contributed by atoms with Crippen LogP contribution in [0.5, 0.6) is 0 Å². The standard InChI is InChI=1S/C26H19FN2O3/c1-25(19-7-5-16(13-28)6-8-19)15-26(25)21-12-20(27)9-10-22(21)29(24(26)32)14-17-3-2-4-18(11-17)23(30)31/h2-12H,14-15H2,1H3,(H,30,31)/t25-,26-/m1/s1. The third-order valence-corrected chi connectivity index (χ3v) is 6.92. The minimum Gasteiger partial charge on any atom is -0.478 e. The van der Waals surface area contributed by atoms with Crippen molar-refractivity contribution in [1.29, 1.82) is 5.26 Å². The number of aromatic carboxylic acids is 1. The van der Waals surface area contributed by atoms with E-state index in [2.05, 4.69) is 6.07 Å². The number of carboxylic acid groups (broad SMARTS) is 1. The van der Waals surface area contributed by atoms with Crippen molar-refractivity contribution in [3.63, 3.8) is 0 Å². The molecule has 6 heteroatoms. The van der Waals surface area contributed by atoms with E-state index in [0.29, 0.717) is 28.8 Å². The molecule has 1 aliphatic carbocycles. The summed E-state index contributed by atoms with van der Waals surface area (Å²) in [4.78, 5) is 26.8. The minimum absolute atomic E-state index is 0.120. The molecule has 3 aromatic rings. The van der Waals surface area contributed by atoms with Gasteiger partial charge in [-0.2, -0.15) is 5.26 Å². The minimum atomic E-state index is -1.03. The highest BCUT2D eigenvalue weighted by atomic mass is 19.1. The summed E-state index contributed by atoms with van der Waals surface area (Å²) >= 11 is 0. The third-order valence-electron chi connectivity index (χ3n) is 6.92. The van der Waals surface area contributed by atoms with Crippen LogP contribution in [0.25, 0.3) is 0 Å². The molecule has 1 heterocycles. The van der Waals surface area contributed by atoms with Crippen molar-refractivity contribution in [3.05, 3.63) is 100 Å². The third kappa shape index (κ3) is 2.68. The van der Waals surface area contributed by atoms with Crippen LogP contribution in [0.1, 0.15) is 46.0 Å². The summed E-state index contributed by atoms with van der Waals surface area (Å²) < 4.78 is 14.3. The first-order valence-corrected chi connectivity index (χ1v) is 10.2. The Morgan fingerprint density at radius 2 is 1.91 bits per heavy atom. The van der Waals surface area contributed by atoms with E-state index in [1.54, 1.807) is 41.3 Å². The van der Waals surface area contributed by atoms with Crippen LogP contribution in [0.2, 0.25) is 0 Å². The lowest BCUT2D eigenvalue weighted by atomic mass is 9.83. The molecular weight excluding hydrogens is 407 g/mol. The van der Waals surface area contributed by atoms with Gasteiger partial charge in [0.05, 0.1) is 29.2 Å². The quantitative estimate of drug-likeness (QED) is 0.664. The molecule has 1 fully saturated rings. The lowest BCUT2D eigenvalue weighted by Gasteiger charge is -2.21. The van der Waals surface area contributed by atoms with Crippen molar-refractivity contribution in [3.8, 4) is 6.07 Å². The Balaban J connectivity index is 1.57. The van der Waals surface area contributed by atoms with Crippen molar-refractivity contribution in [2.24, 2.45) is 0 Å². The van der Waals surface area contributed by atoms with Crippen molar-refractivity contribution < 1.29 is 19.1 Å². The first-order chi connectivity index (χ1) is 15.3. The maximum atomic E-state index is 14.3. The fourth-order valence-electron chi connectivity index (χ4n) is 5.13. The maximum Gasteiger partial charge on any atom is 0.335 e. The van der Waals surface area contributed by atoms with Crippen LogP contribution in [-0.4, -0.2) is 17.0 Å². The second-order valence-electron chi connectivity index (χ2n) is 8.66. The molecule has 0 saturated heterocycles. The molecule has 0 radical (unpaired) electrons.